The Morgan fingerprint density at radius 2 is 1.74 bits per heavy atom. The van der Waals surface area contributed by atoms with Gasteiger partial charge in [0, 0.05) is 38.3 Å². The van der Waals surface area contributed by atoms with E-state index < -0.39 is 10.0 Å². The zero-order chi connectivity index (χ0) is 19.3. The van der Waals surface area contributed by atoms with Crippen LogP contribution in [-0.4, -0.2) is 45.6 Å². The first kappa shape index (κ1) is 20.0. The lowest BCUT2D eigenvalue weighted by molar-refractivity contribution is 0.171. The quantitative estimate of drug-likeness (QED) is 0.754. The number of rotatable bonds is 8. The van der Waals surface area contributed by atoms with Crippen LogP contribution in [0.25, 0.3) is 11.1 Å². The molecular formula is C21H28N2O3S. The summed E-state index contributed by atoms with van der Waals surface area (Å²) in [6.07, 6.45) is 1.87. The minimum atomic E-state index is -3.45. The van der Waals surface area contributed by atoms with Gasteiger partial charge in [0.1, 0.15) is 0 Å². The molecule has 1 aliphatic heterocycles. The third-order valence-corrected chi connectivity index (χ3v) is 6.86. The van der Waals surface area contributed by atoms with E-state index >= 15 is 0 Å². The van der Waals surface area contributed by atoms with Crippen molar-refractivity contribution in [2.45, 2.75) is 37.2 Å². The zero-order valence-corrected chi connectivity index (χ0v) is 16.8. The van der Waals surface area contributed by atoms with Crippen LogP contribution in [0.4, 0.5) is 0 Å². The molecule has 0 aliphatic carbocycles. The lowest BCUT2D eigenvalue weighted by Gasteiger charge is -2.18. The number of sulfonamides is 1. The molecule has 0 bridgehead atoms. The predicted molar refractivity (Wildman–Crippen MR) is 108 cm³/mol. The molecule has 5 nitrogen and oxygen atoms in total. The monoisotopic (exact) mass is 388 g/mol. The first-order valence-electron chi connectivity index (χ1n) is 9.43. The Hall–Kier alpha value is -1.73. The Morgan fingerprint density at radius 1 is 1.07 bits per heavy atom. The van der Waals surface area contributed by atoms with Gasteiger partial charge in [-0.3, -0.25) is 0 Å². The van der Waals surface area contributed by atoms with Gasteiger partial charge in [-0.15, -0.1) is 0 Å². The molecule has 0 aromatic heterocycles. The van der Waals surface area contributed by atoms with Crippen molar-refractivity contribution in [3.63, 3.8) is 0 Å². The van der Waals surface area contributed by atoms with Crippen molar-refractivity contribution in [1.29, 1.82) is 0 Å². The smallest absolute Gasteiger partial charge is 0.243 e. The number of nitrogens with zero attached hydrogens (tertiary/aromatic N) is 1. The molecule has 6 heteroatoms. The van der Waals surface area contributed by atoms with E-state index in [4.69, 9.17) is 4.74 Å². The van der Waals surface area contributed by atoms with Gasteiger partial charge < -0.3 is 10.1 Å². The van der Waals surface area contributed by atoms with Gasteiger partial charge in [0.05, 0.1) is 11.5 Å². The number of hydrogen-bond acceptors (Lipinski definition) is 4. The highest BCUT2D eigenvalue weighted by Crippen LogP contribution is 2.31. The van der Waals surface area contributed by atoms with E-state index in [1.807, 2.05) is 36.4 Å². The van der Waals surface area contributed by atoms with E-state index in [0.29, 0.717) is 24.6 Å². The number of benzene rings is 2. The first-order valence-corrected chi connectivity index (χ1v) is 10.9. The topological polar surface area (TPSA) is 58.6 Å². The average molecular weight is 389 g/mol. The van der Waals surface area contributed by atoms with Crippen LogP contribution in [0.3, 0.4) is 0 Å². The van der Waals surface area contributed by atoms with Crippen LogP contribution in [0.1, 0.15) is 25.3 Å². The highest BCUT2D eigenvalue weighted by molar-refractivity contribution is 7.89. The Morgan fingerprint density at radius 3 is 2.41 bits per heavy atom. The van der Waals surface area contributed by atoms with Gasteiger partial charge in [0.2, 0.25) is 10.0 Å². The van der Waals surface area contributed by atoms with Crippen molar-refractivity contribution in [3.05, 3.63) is 54.1 Å². The molecule has 1 saturated heterocycles. The highest BCUT2D eigenvalue weighted by Gasteiger charge is 2.29. The molecule has 3 rings (SSSR count). The van der Waals surface area contributed by atoms with Crippen LogP contribution in [-0.2, 0) is 21.3 Å². The van der Waals surface area contributed by atoms with E-state index in [2.05, 4.69) is 12.2 Å². The molecule has 2 aromatic rings. The summed E-state index contributed by atoms with van der Waals surface area (Å²) in [7, 11) is -1.75. The van der Waals surface area contributed by atoms with E-state index in [1.165, 1.54) is 0 Å². The molecule has 0 saturated carbocycles. The Labute approximate surface area is 162 Å². The summed E-state index contributed by atoms with van der Waals surface area (Å²) in [4.78, 5) is 0.395. The van der Waals surface area contributed by atoms with Crippen LogP contribution in [0.15, 0.2) is 53.4 Å². The van der Waals surface area contributed by atoms with Crippen molar-refractivity contribution >= 4 is 10.0 Å². The predicted octanol–water partition coefficient (Wildman–Crippen LogP) is 3.26. The van der Waals surface area contributed by atoms with Gasteiger partial charge >= 0.3 is 0 Å². The van der Waals surface area contributed by atoms with Gasteiger partial charge in [-0.25, -0.2) is 8.42 Å². The van der Waals surface area contributed by atoms with Crippen molar-refractivity contribution in [2.75, 3.05) is 26.8 Å². The van der Waals surface area contributed by atoms with E-state index in [1.54, 1.807) is 23.5 Å². The standard InChI is InChI=1S/C21H28N2O3S/c1-17(16-26-2)22-15-18-9-11-19(12-10-18)20-7-3-4-8-21(20)27(24,25)23-13-5-6-14-23/h3-4,7-12,17,22H,5-6,13-16H2,1-2H3/t17-/m0/s1. The van der Waals surface area contributed by atoms with Crippen molar-refractivity contribution in [1.82, 2.24) is 9.62 Å². The Bertz CT molecular complexity index is 844. The Balaban J connectivity index is 1.81. The van der Waals surface area contributed by atoms with Crippen molar-refractivity contribution in [2.24, 2.45) is 0 Å². The lowest BCUT2D eigenvalue weighted by atomic mass is 10.0. The molecule has 0 amide bonds. The van der Waals surface area contributed by atoms with E-state index in [9.17, 15) is 8.42 Å². The van der Waals surface area contributed by atoms with Gasteiger partial charge in [0.25, 0.3) is 0 Å². The number of methoxy groups -OCH3 is 1. The molecule has 1 fully saturated rings. The fourth-order valence-electron chi connectivity index (χ4n) is 3.40. The van der Waals surface area contributed by atoms with Crippen molar-refractivity contribution in [3.8, 4) is 11.1 Å². The average Bonchev–Trinajstić information content (AvgIpc) is 3.23. The van der Waals surface area contributed by atoms with Gasteiger partial charge in [-0.1, -0.05) is 42.5 Å². The summed E-state index contributed by atoms with van der Waals surface area (Å²) in [6.45, 7) is 4.72. The van der Waals surface area contributed by atoms with Crippen LogP contribution < -0.4 is 5.32 Å². The fourth-order valence-corrected chi connectivity index (χ4v) is 5.13. The summed E-state index contributed by atoms with van der Waals surface area (Å²) in [6, 6.07) is 15.6. The van der Waals surface area contributed by atoms with E-state index in [-0.39, 0.29) is 6.04 Å². The summed E-state index contributed by atoms with van der Waals surface area (Å²) in [5, 5.41) is 3.40. The normalized spacial score (nSPS) is 16.5. The molecule has 0 spiro atoms. The largest absolute Gasteiger partial charge is 0.383 e. The highest BCUT2D eigenvalue weighted by atomic mass is 32.2. The summed E-state index contributed by atoms with van der Waals surface area (Å²) in [5.41, 5.74) is 2.83. The molecule has 27 heavy (non-hydrogen) atoms. The van der Waals surface area contributed by atoms with Gasteiger partial charge in [-0.05, 0) is 37.0 Å². The molecular weight excluding hydrogens is 360 g/mol. The summed E-state index contributed by atoms with van der Waals surface area (Å²) in [5.74, 6) is 0. The first-order chi connectivity index (χ1) is 13.0. The summed E-state index contributed by atoms with van der Waals surface area (Å²) >= 11 is 0. The third kappa shape index (κ3) is 4.76. The SMILES string of the molecule is COC[C@H](C)NCc1ccc(-c2ccccc2S(=O)(=O)N2CCCC2)cc1. The number of hydrogen-bond donors (Lipinski definition) is 1. The minimum Gasteiger partial charge on any atom is -0.383 e. The fraction of sp³-hybridized carbons (Fsp3) is 0.429. The number of nitrogens with one attached hydrogen (secondary N) is 1. The van der Waals surface area contributed by atoms with Crippen LogP contribution in [0.5, 0.6) is 0 Å². The lowest BCUT2D eigenvalue weighted by Crippen LogP contribution is -2.29. The maximum atomic E-state index is 13.0. The molecule has 1 atom stereocenters. The Kier molecular flexibility index (Phi) is 6.65. The van der Waals surface area contributed by atoms with Crippen LogP contribution in [0, 0.1) is 0 Å². The minimum absolute atomic E-state index is 0.279. The second kappa shape index (κ2) is 8.97. The molecule has 1 heterocycles. The second-order valence-corrected chi connectivity index (χ2v) is 8.95. The number of ether oxygens (including phenoxy) is 1. The van der Waals surface area contributed by atoms with Crippen LogP contribution >= 0.6 is 0 Å². The molecule has 0 unspecified atom stereocenters. The van der Waals surface area contributed by atoms with Crippen LogP contribution in [0.2, 0.25) is 0 Å². The maximum Gasteiger partial charge on any atom is 0.243 e. The molecule has 146 valence electrons. The van der Waals surface area contributed by atoms with Crippen molar-refractivity contribution < 1.29 is 13.2 Å². The zero-order valence-electron chi connectivity index (χ0n) is 16.0. The maximum absolute atomic E-state index is 13.0. The van der Waals surface area contributed by atoms with Gasteiger partial charge in [0.15, 0.2) is 0 Å². The third-order valence-electron chi connectivity index (χ3n) is 4.91. The second-order valence-electron chi connectivity index (χ2n) is 7.04. The molecule has 2 aromatic carbocycles. The van der Waals surface area contributed by atoms with E-state index in [0.717, 1.165) is 36.1 Å². The summed E-state index contributed by atoms with van der Waals surface area (Å²) < 4.78 is 32.8. The molecule has 1 aliphatic rings. The van der Waals surface area contributed by atoms with Gasteiger partial charge in [-0.2, -0.15) is 4.31 Å². The molecule has 0 radical (unpaired) electrons. The molecule has 1 N–H and O–H groups in total.